The molecule has 2 rings (SSSR count). The van der Waals surface area contributed by atoms with Gasteiger partial charge < -0.3 is 29.9 Å². The van der Waals surface area contributed by atoms with Gasteiger partial charge in [-0.2, -0.15) is 0 Å². The van der Waals surface area contributed by atoms with Crippen molar-refractivity contribution in [2.75, 3.05) is 14.2 Å². The summed E-state index contributed by atoms with van der Waals surface area (Å²) < 4.78 is 10.2. The van der Waals surface area contributed by atoms with Crippen LogP contribution in [0.25, 0.3) is 0 Å². The quantitative estimate of drug-likeness (QED) is 0.449. The zero-order valence-electron chi connectivity index (χ0n) is 8.73. The molecule has 0 aromatic carbocycles. The topological polar surface area (TPSA) is 99.4 Å². The fourth-order valence-corrected chi connectivity index (χ4v) is 3.28. The normalized spacial score (nSPS) is 49.9. The molecule has 2 aliphatic heterocycles. The molecule has 0 amide bonds. The van der Waals surface area contributed by atoms with Crippen LogP contribution in [0.15, 0.2) is 0 Å². The van der Waals surface area contributed by atoms with Gasteiger partial charge in [0.25, 0.3) is 0 Å². The molecule has 0 spiro atoms. The predicted octanol–water partition coefficient (Wildman–Crippen LogP) is -1.48. The molecule has 0 saturated carbocycles. The molecular weight excluding hydrogens is 256 g/mol. The molecule has 2 saturated heterocycles. The third-order valence-electron chi connectivity index (χ3n) is 2.79. The predicted molar refractivity (Wildman–Crippen MR) is 58.7 cm³/mol. The van der Waals surface area contributed by atoms with E-state index >= 15 is 0 Å². The Morgan fingerprint density at radius 1 is 0.938 bits per heavy atom. The first-order valence-electron chi connectivity index (χ1n) is 4.62. The third kappa shape index (κ3) is 1.77. The smallest absolute Gasteiger partial charge is 0.177 e. The van der Waals surface area contributed by atoms with Gasteiger partial charge in [-0.25, -0.2) is 0 Å². The van der Waals surface area contributed by atoms with Crippen molar-refractivity contribution in [2.24, 2.45) is 0 Å². The Kier molecular flexibility index (Phi) is 3.22. The van der Waals surface area contributed by atoms with Crippen LogP contribution in [0, 0.1) is 0 Å². The van der Waals surface area contributed by atoms with Crippen LogP contribution in [0.2, 0.25) is 0 Å². The highest BCUT2D eigenvalue weighted by atomic mass is 32.2. The van der Waals surface area contributed by atoms with Gasteiger partial charge in [0.15, 0.2) is 9.87 Å². The second-order valence-corrected chi connectivity index (χ2v) is 6.43. The summed E-state index contributed by atoms with van der Waals surface area (Å²) in [6.07, 6.45) is -1.82. The number of methoxy groups -OCH3 is 2. The lowest BCUT2D eigenvalue weighted by molar-refractivity contribution is -0.154. The Labute approximate surface area is 101 Å². The van der Waals surface area contributed by atoms with Crippen molar-refractivity contribution in [3.05, 3.63) is 0 Å². The Balaban J connectivity index is 2.14. The fraction of sp³-hybridized carbons (Fsp3) is 1.00. The summed E-state index contributed by atoms with van der Waals surface area (Å²) in [7, 11) is 2.70. The third-order valence-corrected chi connectivity index (χ3v) is 5.12. The Morgan fingerprint density at radius 2 is 1.19 bits per heavy atom. The van der Waals surface area contributed by atoms with E-state index in [0.717, 1.165) is 23.5 Å². The lowest BCUT2D eigenvalue weighted by atomic mass is 10.0. The van der Waals surface area contributed by atoms with E-state index < -0.39 is 32.9 Å². The molecule has 2 fully saturated rings. The molecule has 0 aliphatic carbocycles. The molecule has 0 unspecified atom stereocenters. The summed E-state index contributed by atoms with van der Waals surface area (Å²) in [5, 5.41) is 38.5. The summed E-state index contributed by atoms with van der Waals surface area (Å²) in [4.78, 5) is -2.96. The second kappa shape index (κ2) is 3.99. The number of aliphatic hydroxyl groups is 4. The van der Waals surface area contributed by atoms with E-state index in [9.17, 15) is 20.4 Å². The Bertz CT molecular complexity index is 264. The van der Waals surface area contributed by atoms with Gasteiger partial charge in [0.1, 0.15) is 23.1 Å². The number of aliphatic hydroxyl groups excluding tert-OH is 2. The Hall–Kier alpha value is 0.460. The Morgan fingerprint density at radius 3 is 1.31 bits per heavy atom. The minimum atomic E-state index is -1.48. The number of hydrogen-bond acceptors (Lipinski definition) is 8. The van der Waals surface area contributed by atoms with Gasteiger partial charge in [0.2, 0.25) is 0 Å². The highest BCUT2D eigenvalue weighted by Gasteiger charge is 2.70. The van der Waals surface area contributed by atoms with E-state index in [1.54, 1.807) is 0 Å². The van der Waals surface area contributed by atoms with E-state index in [0.29, 0.717) is 0 Å². The maximum atomic E-state index is 9.94. The summed E-state index contributed by atoms with van der Waals surface area (Å²) in [6.45, 7) is 0. The average molecular weight is 270 g/mol. The molecule has 94 valence electrons. The molecule has 2 heterocycles. The van der Waals surface area contributed by atoms with E-state index in [4.69, 9.17) is 9.47 Å². The maximum Gasteiger partial charge on any atom is 0.177 e. The lowest BCUT2D eigenvalue weighted by Crippen LogP contribution is -2.51. The van der Waals surface area contributed by atoms with Gasteiger partial charge in [-0.05, 0) is 0 Å². The van der Waals surface area contributed by atoms with Crippen LogP contribution >= 0.6 is 23.5 Å². The van der Waals surface area contributed by atoms with Crippen LogP contribution < -0.4 is 0 Å². The lowest BCUT2D eigenvalue weighted by Gasteiger charge is -2.30. The van der Waals surface area contributed by atoms with Gasteiger partial charge in [-0.1, -0.05) is 23.5 Å². The molecule has 2 aliphatic rings. The van der Waals surface area contributed by atoms with E-state index in [-0.39, 0.29) is 0 Å². The number of rotatable bonds is 5. The minimum Gasteiger partial charge on any atom is -0.378 e. The van der Waals surface area contributed by atoms with Gasteiger partial charge in [-0.3, -0.25) is 0 Å². The summed E-state index contributed by atoms with van der Waals surface area (Å²) in [6, 6.07) is 0. The van der Waals surface area contributed by atoms with Crippen molar-refractivity contribution in [1.29, 1.82) is 0 Å². The summed E-state index contributed by atoms with van der Waals surface area (Å²) in [5.74, 6) is 0. The minimum absolute atomic E-state index is 0.910. The molecule has 0 bridgehead atoms. The highest BCUT2D eigenvalue weighted by Crippen LogP contribution is 2.60. The maximum absolute atomic E-state index is 9.94. The molecule has 16 heavy (non-hydrogen) atoms. The first-order valence-corrected chi connectivity index (χ1v) is 6.38. The van der Waals surface area contributed by atoms with Crippen LogP contribution in [0.4, 0.5) is 0 Å². The molecule has 0 aromatic heterocycles. The molecule has 4 N–H and O–H groups in total. The monoisotopic (exact) mass is 270 g/mol. The summed E-state index contributed by atoms with van der Waals surface area (Å²) in [5.41, 5.74) is -1.92. The molecule has 6 nitrogen and oxygen atoms in total. The van der Waals surface area contributed by atoms with Crippen LogP contribution in [0.3, 0.4) is 0 Å². The average Bonchev–Trinajstić information content (AvgIpc) is 3.02. The summed E-state index contributed by atoms with van der Waals surface area (Å²) >= 11 is 1.84. The van der Waals surface area contributed by atoms with E-state index in [1.807, 2.05) is 0 Å². The number of ether oxygens (including phenoxy) is 2. The zero-order chi connectivity index (χ0) is 12.1. The van der Waals surface area contributed by atoms with Crippen LogP contribution in [0.1, 0.15) is 0 Å². The number of hydrogen-bond donors (Lipinski definition) is 4. The SMILES string of the molecule is CO[C@H]([C@H](OC)[C@@]1(O)S[C@H]1O)[C@]1(O)S[C@@H]1O. The van der Waals surface area contributed by atoms with E-state index in [2.05, 4.69) is 0 Å². The standard InChI is InChI=1S/C8H14O6S2/c1-13-3(7(11)5(9)15-7)4(14-2)8(12)6(10)16-8/h3-6,9-12H,1-2H3/t3-,4+,5+,6-,7+,8-. The van der Waals surface area contributed by atoms with E-state index in [1.165, 1.54) is 14.2 Å². The van der Waals surface area contributed by atoms with Gasteiger partial charge >= 0.3 is 0 Å². The van der Waals surface area contributed by atoms with Crippen molar-refractivity contribution in [1.82, 2.24) is 0 Å². The van der Waals surface area contributed by atoms with Crippen molar-refractivity contribution < 1.29 is 29.9 Å². The zero-order valence-corrected chi connectivity index (χ0v) is 10.4. The second-order valence-electron chi connectivity index (χ2n) is 3.76. The van der Waals surface area contributed by atoms with Crippen molar-refractivity contribution in [3.63, 3.8) is 0 Å². The number of thioether (sulfide) groups is 2. The molecular formula is C8H14O6S2. The molecule has 0 radical (unpaired) electrons. The van der Waals surface area contributed by atoms with Crippen LogP contribution in [-0.2, 0) is 9.47 Å². The molecule has 0 aromatic rings. The molecule has 8 heteroatoms. The van der Waals surface area contributed by atoms with Crippen LogP contribution in [-0.4, -0.2) is 67.6 Å². The first-order chi connectivity index (χ1) is 7.40. The van der Waals surface area contributed by atoms with Gasteiger partial charge in [-0.15, -0.1) is 0 Å². The fourth-order valence-electron chi connectivity index (χ4n) is 1.72. The van der Waals surface area contributed by atoms with Gasteiger partial charge in [0.05, 0.1) is 0 Å². The molecule has 6 atom stereocenters. The van der Waals surface area contributed by atoms with Crippen LogP contribution in [0.5, 0.6) is 0 Å². The van der Waals surface area contributed by atoms with Crippen molar-refractivity contribution in [3.8, 4) is 0 Å². The van der Waals surface area contributed by atoms with Crippen molar-refractivity contribution in [2.45, 2.75) is 32.9 Å². The highest BCUT2D eigenvalue weighted by molar-refractivity contribution is 8.08. The van der Waals surface area contributed by atoms with Crippen molar-refractivity contribution >= 4 is 23.5 Å². The largest absolute Gasteiger partial charge is 0.378 e. The van der Waals surface area contributed by atoms with Gasteiger partial charge in [0, 0.05) is 14.2 Å². The first kappa shape index (κ1) is 12.9.